The number of amides is 1. The normalized spacial score (nSPS) is 10.9. The maximum absolute atomic E-state index is 13.4. The van der Waals surface area contributed by atoms with Gasteiger partial charge in [0.25, 0.3) is 5.56 Å². The molecule has 4 aromatic rings. The standard InChI is InChI=1S/C18H13FN6O2/c19-12-5-4-8-14(9-12)25-17-16(22-23-25)18(27)24(11-20-17)10-15(26)21-13-6-2-1-3-7-13/h1-9,11H,10H2,(H,21,26). The molecule has 0 bridgehead atoms. The summed E-state index contributed by atoms with van der Waals surface area (Å²) in [6, 6.07) is 14.6. The third-order valence-electron chi connectivity index (χ3n) is 3.85. The largest absolute Gasteiger partial charge is 0.325 e. The summed E-state index contributed by atoms with van der Waals surface area (Å²) in [5.41, 5.74) is 0.691. The summed E-state index contributed by atoms with van der Waals surface area (Å²) in [4.78, 5) is 28.9. The number of anilines is 1. The van der Waals surface area contributed by atoms with Gasteiger partial charge in [0.15, 0.2) is 11.2 Å². The molecule has 0 aliphatic rings. The maximum atomic E-state index is 13.4. The van der Waals surface area contributed by atoms with Crippen LogP contribution in [0.1, 0.15) is 0 Å². The van der Waals surface area contributed by atoms with Gasteiger partial charge in [-0.05, 0) is 30.3 Å². The highest BCUT2D eigenvalue weighted by molar-refractivity contribution is 5.90. The molecule has 0 aliphatic heterocycles. The van der Waals surface area contributed by atoms with Crippen molar-refractivity contribution >= 4 is 22.8 Å². The molecule has 0 spiro atoms. The van der Waals surface area contributed by atoms with E-state index in [-0.39, 0.29) is 23.6 Å². The lowest BCUT2D eigenvalue weighted by Gasteiger charge is -2.07. The fraction of sp³-hybridized carbons (Fsp3) is 0.0556. The molecule has 4 rings (SSSR count). The summed E-state index contributed by atoms with van der Waals surface area (Å²) in [7, 11) is 0. The third-order valence-corrected chi connectivity index (χ3v) is 3.85. The number of benzene rings is 2. The molecule has 0 radical (unpaired) electrons. The summed E-state index contributed by atoms with van der Waals surface area (Å²) >= 11 is 0. The van der Waals surface area contributed by atoms with Gasteiger partial charge >= 0.3 is 0 Å². The molecule has 134 valence electrons. The maximum Gasteiger partial charge on any atom is 0.284 e. The predicted octanol–water partition coefficient (Wildman–Crippen LogP) is 1.75. The minimum Gasteiger partial charge on any atom is -0.325 e. The number of nitrogens with zero attached hydrogens (tertiary/aromatic N) is 5. The second-order valence-electron chi connectivity index (χ2n) is 5.75. The average Bonchev–Trinajstić information content (AvgIpc) is 3.10. The SMILES string of the molecule is O=C(Cn1cnc2c(nnn2-c2cccc(F)c2)c1=O)Nc1ccccc1. The molecule has 1 N–H and O–H groups in total. The molecule has 0 atom stereocenters. The van der Waals surface area contributed by atoms with Crippen molar-refractivity contribution in [2.24, 2.45) is 0 Å². The van der Waals surface area contributed by atoms with E-state index in [1.165, 1.54) is 29.2 Å². The van der Waals surface area contributed by atoms with Crippen LogP contribution in [0.15, 0.2) is 65.7 Å². The van der Waals surface area contributed by atoms with Gasteiger partial charge in [0.2, 0.25) is 5.91 Å². The number of fused-ring (bicyclic) bond motifs is 1. The van der Waals surface area contributed by atoms with Crippen LogP contribution in [0.5, 0.6) is 0 Å². The van der Waals surface area contributed by atoms with Crippen LogP contribution in [0.2, 0.25) is 0 Å². The Labute approximate surface area is 151 Å². The number of aromatic nitrogens is 5. The van der Waals surface area contributed by atoms with Gasteiger partial charge in [-0.3, -0.25) is 14.2 Å². The van der Waals surface area contributed by atoms with Gasteiger partial charge in [-0.1, -0.05) is 29.5 Å². The van der Waals surface area contributed by atoms with Crippen LogP contribution in [-0.4, -0.2) is 30.5 Å². The first-order valence-electron chi connectivity index (χ1n) is 8.03. The van der Waals surface area contributed by atoms with E-state index in [1.54, 1.807) is 30.3 Å². The number of halogens is 1. The van der Waals surface area contributed by atoms with Crippen LogP contribution in [-0.2, 0) is 11.3 Å². The minimum absolute atomic E-state index is 0.00530. The van der Waals surface area contributed by atoms with Crippen LogP contribution >= 0.6 is 0 Å². The summed E-state index contributed by atoms with van der Waals surface area (Å²) < 4.78 is 15.8. The molecular formula is C18H13FN6O2. The first-order valence-corrected chi connectivity index (χ1v) is 8.03. The Balaban J connectivity index is 1.63. The highest BCUT2D eigenvalue weighted by Gasteiger charge is 2.15. The first kappa shape index (κ1) is 16.6. The molecule has 0 fully saturated rings. The fourth-order valence-electron chi connectivity index (χ4n) is 2.62. The zero-order valence-corrected chi connectivity index (χ0v) is 13.9. The molecular weight excluding hydrogens is 351 g/mol. The number of carbonyl (C=O) groups excluding carboxylic acids is 1. The summed E-state index contributed by atoms with van der Waals surface area (Å²) in [6.45, 7) is -0.219. The van der Waals surface area contributed by atoms with Crippen LogP contribution in [0.3, 0.4) is 0 Å². The first-order chi connectivity index (χ1) is 13.1. The zero-order chi connectivity index (χ0) is 18.8. The van der Waals surface area contributed by atoms with Crippen LogP contribution in [0.25, 0.3) is 16.9 Å². The van der Waals surface area contributed by atoms with Crippen molar-refractivity contribution in [1.29, 1.82) is 0 Å². The van der Waals surface area contributed by atoms with Crippen molar-refractivity contribution < 1.29 is 9.18 Å². The molecule has 27 heavy (non-hydrogen) atoms. The molecule has 2 aromatic heterocycles. The Morgan fingerprint density at radius 1 is 1.11 bits per heavy atom. The molecule has 2 aromatic carbocycles. The molecule has 1 amide bonds. The lowest BCUT2D eigenvalue weighted by molar-refractivity contribution is -0.116. The van der Waals surface area contributed by atoms with Crippen molar-refractivity contribution in [3.8, 4) is 5.69 Å². The van der Waals surface area contributed by atoms with E-state index in [0.717, 1.165) is 4.57 Å². The predicted molar refractivity (Wildman–Crippen MR) is 95.9 cm³/mol. The number of hydrogen-bond donors (Lipinski definition) is 1. The van der Waals surface area contributed by atoms with E-state index in [2.05, 4.69) is 20.6 Å². The smallest absolute Gasteiger partial charge is 0.284 e. The van der Waals surface area contributed by atoms with E-state index >= 15 is 0 Å². The van der Waals surface area contributed by atoms with Gasteiger partial charge in [0, 0.05) is 5.69 Å². The number of rotatable bonds is 4. The van der Waals surface area contributed by atoms with Gasteiger partial charge in [-0.25, -0.2) is 9.37 Å². The molecule has 0 unspecified atom stereocenters. The Morgan fingerprint density at radius 3 is 2.70 bits per heavy atom. The van der Waals surface area contributed by atoms with Crippen LogP contribution in [0.4, 0.5) is 10.1 Å². The molecule has 0 saturated carbocycles. The Hall–Kier alpha value is -3.88. The number of para-hydroxylation sites is 1. The van der Waals surface area contributed by atoms with E-state index in [1.807, 2.05) is 6.07 Å². The zero-order valence-electron chi connectivity index (χ0n) is 13.9. The molecule has 8 nitrogen and oxygen atoms in total. The minimum atomic E-state index is -0.508. The molecule has 9 heteroatoms. The lowest BCUT2D eigenvalue weighted by Crippen LogP contribution is -2.28. The Bertz CT molecular complexity index is 1190. The summed E-state index contributed by atoms with van der Waals surface area (Å²) in [5.74, 6) is -0.816. The monoisotopic (exact) mass is 364 g/mol. The van der Waals surface area contributed by atoms with E-state index in [0.29, 0.717) is 11.4 Å². The Morgan fingerprint density at radius 2 is 1.93 bits per heavy atom. The van der Waals surface area contributed by atoms with Crippen molar-refractivity contribution in [2.75, 3.05) is 5.32 Å². The second-order valence-corrected chi connectivity index (χ2v) is 5.75. The van der Waals surface area contributed by atoms with Crippen molar-refractivity contribution in [2.45, 2.75) is 6.54 Å². The Kier molecular flexibility index (Phi) is 4.17. The van der Waals surface area contributed by atoms with Gasteiger partial charge in [0.1, 0.15) is 18.7 Å². The van der Waals surface area contributed by atoms with Gasteiger partial charge in [-0.2, -0.15) is 4.68 Å². The summed E-state index contributed by atoms with van der Waals surface area (Å²) in [5, 5.41) is 10.4. The average molecular weight is 364 g/mol. The van der Waals surface area contributed by atoms with Crippen LogP contribution in [0, 0.1) is 5.82 Å². The van der Waals surface area contributed by atoms with Crippen molar-refractivity contribution in [3.63, 3.8) is 0 Å². The van der Waals surface area contributed by atoms with E-state index < -0.39 is 11.4 Å². The number of hydrogen-bond acceptors (Lipinski definition) is 5. The van der Waals surface area contributed by atoms with Gasteiger partial charge in [0.05, 0.1) is 5.69 Å². The lowest BCUT2D eigenvalue weighted by atomic mass is 10.3. The van der Waals surface area contributed by atoms with Gasteiger partial charge < -0.3 is 5.32 Å². The van der Waals surface area contributed by atoms with E-state index in [9.17, 15) is 14.0 Å². The van der Waals surface area contributed by atoms with Crippen LogP contribution < -0.4 is 10.9 Å². The molecule has 0 saturated heterocycles. The topological polar surface area (TPSA) is 94.7 Å². The second kappa shape index (κ2) is 6.79. The van der Waals surface area contributed by atoms with Crippen molar-refractivity contribution in [3.05, 3.63) is 77.1 Å². The molecule has 0 aliphatic carbocycles. The highest BCUT2D eigenvalue weighted by Crippen LogP contribution is 2.13. The van der Waals surface area contributed by atoms with Crippen molar-refractivity contribution in [1.82, 2.24) is 24.5 Å². The number of carbonyl (C=O) groups is 1. The third kappa shape index (κ3) is 3.30. The van der Waals surface area contributed by atoms with Gasteiger partial charge in [-0.15, -0.1) is 5.10 Å². The highest BCUT2D eigenvalue weighted by atomic mass is 19.1. The number of nitrogens with one attached hydrogen (secondary N) is 1. The quantitative estimate of drug-likeness (QED) is 0.595. The summed E-state index contributed by atoms with van der Waals surface area (Å²) in [6.07, 6.45) is 1.24. The fourth-order valence-corrected chi connectivity index (χ4v) is 2.62. The molecule has 2 heterocycles. The van der Waals surface area contributed by atoms with E-state index in [4.69, 9.17) is 0 Å².